The maximum atomic E-state index is 12.6. The lowest BCUT2D eigenvalue weighted by Crippen LogP contribution is -2.25. The number of nitrogens with zero attached hydrogens (tertiary/aromatic N) is 3. The van der Waals surface area contributed by atoms with E-state index in [1.807, 2.05) is 30.3 Å². The predicted octanol–water partition coefficient (Wildman–Crippen LogP) is 2.74. The van der Waals surface area contributed by atoms with Crippen molar-refractivity contribution >= 4 is 16.4 Å². The molecule has 0 unspecified atom stereocenters. The van der Waals surface area contributed by atoms with Crippen molar-refractivity contribution < 1.29 is 27.5 Å². The Hall–Kier alpha value is -3.29. The minimum absolute atomic E-state index is 0.340. The van der Waals surface area contributed by atoms with Gasteiger partial charge in [0.25, 0.3) is 0 Å². The summed E-state index contributed by atoms with van der Waals surface area (Å²) in [5.41, 5.74) is 1.47. The third-order valence-electron chi connectivity index (χ3n) is 3.72. The third-order valence-corrected chi connectivity index (χ3v) is 3.72. The van der Waals surface area contributed by atoms with Crippen molar-refractivity contribution in [3.8, 4) is 17.3 Å². The highest BCUT2D eigenvalue weighted by Gasteiger charge is 2.31. The molecule has 5 nitrogen and oxygen atoms in total. The van der Waals surface area contributed by atoms with Crippen LogP contribution in [0.5, 0.6) is 11.6 Å². The van der Waals surface area contributed by atoms with Crippen molar-refractivity contribution in [1.29, 1.82) is 0 Å². The number of aromatic nitrogens is 3. The van der Waals surface area contributed by atoms with Gasteiger partial charge < -0.3 is 9.84 Å². The Bertz CT molecular complexity index is 1070. The van der Waals surface area contributed by atoms with E-state index in [9.17, 15) is 18.3 Å². The normalized spacial score (nSPS) is 12.0. The molecule has 0 saturated carbocycles. The molecule has 2 aromatic carbocycles. The van der Waals surface area contributed by atoms with Gasteiger partial charge in [0.1, 0.15) is 16.8 Å². The summed E-state index contributed by atoms with van der Waals surface area (Å²) in [6.07, 6.45) is -4.76. The van der Waals surface area contributed by atoms with E-state index in [2.05, 4.69) is 9.95 Å². The van der Waals surface area contributed by atoms with Crippen LogP contribution < -0.4 is 14.4 Å². The summed E-state index contributed by atoms with van der Waals surface area (Å²) in [7, 11) is 0. The van der Waals surface area contributed by atoms with Crippen LogP contribution in [0.15, 0.2) is 60.7 Å². The first-order chi connectivity index (χ1) is 11.9. The molecule has 0 N–H and O–H groups in total. The van der Waals surface area contributed by atoms with Gasteiger partial charge in [-0.3, -0.25) is 0 Å². The SMILES string of the molecule is [O-]c1c2ccc3ccccc3[n+]2nn1-c1ccc(OC(F)(F)F)cc1. The smallest absolute Gasteiger partial charge is 0.573 e. The lowest BCUT2D eigenvalue weighted by Gasteiger charge is -2.08. The number of fused-ring (bicyclic) bond motifs is 3. The quantitative estimate of drug-likeness (QED) is 0.525. The summed E-state index contributed by atoms with van der Waals surface area (Å²) < 4.78 is 43.1. The lowest BCUT2D eigenvalue weighted by atomic mass is 10.2. The molecule has 4 rings (SSSR count). The number of rotatable bonds is 2. The van der Waals surface area contributed by atoms with Gasteiger partial charge in [-0.15, -0.1) is 17.9 Å². The summed E-state index contributed by atoms with van der Waals surface area (Å²) in [6, 6.07) is 15.9. The van der Waals surface area contributed by atoms with E-state index in [0.717, 1.165) is 27.7 Å². The molecule has 0 spiro atoms. The molecule has 8 heteroatoms. The zero-order valence-corrected chi connectivity index (χ0v) is 12.6. The molecule has 0 aliphatic heterocycles. The third kappa shape index (κ3) is 2.71. The van der Waals surface area contributed by atoms with Gasteiger partial charge in [-0.05, 0) is 42.5 Å². The second-order valence-corrected chi connectivity index (χ2v) is 5.34. The van der Waals surface area contributed by atoms with Crippen LogP contribution in [-0.2, 0) is 0 Å². The Morgan fingerprint density at radius 2 is 1.64 bits per heavy atom. The number of pyridine rings is 1. The van der Waals surface area contributed by atoms with Gasteiger partial charge in [0.15, 0.2) is 16.7 Å². The summed E-state index contributed by atoms with van der Waals surface area (Å²) in [4.78, 5) is 0. The summed E-state index contributed by atoms with van der Waals surface area (Å²) in [5, 5.41) is 17.7. The van der Waals surface area contributed by atoms with Gasteiger partial charge in [0.05, 0.1) is 0 Å². The molecule has 25 heavy (non-hydrogen) atoms. The van der Waals surface area contributed by atoms with Crippen molar-refractivity contribution in [2.45, 2.75) is 6.36 Å². The van der Waals surface area contributed by atoms with Crippen LogP contribution in [0.1, 0.15) is 0 Å². The first-order valence-corrected chi connectivity index (χ1v) is 7.28. The Balaban J connectivity index is 1.81. The maximum absolute atomic E-state index is 12.6. The van der Waals surface area contributed by atoms with E-state index in [1.54, 1.807) is 6.07 Å². The molecule has 0 amide bonds. The van der Waals surface area contributed by atoms with Crippen molar-refractivity contribution in [3.05, 3.63) is 60.7 Å². The fourth-order valence-corrected chi connectivity index (χ4v) is 2.65. The number of hydrogen-bond donors (Lipinski definition) is 0. The highest BCUT2D eigenvalue weighted by atomic mass is 19.4. The first-order valence-electron chi connectivity index (χ1n) is 7.28. The zero-order valence-electron chi connectivity index (χ0n) is 12.6. The molecule has 0 fully saturated rings. The first kappa shape index (κ1) is 15.3. The number of benzene rings is 2. The molecule has 4 aromatic rings. The Kier molecular flexibility index (Phi) is 3.28. The van der Waals surface area contributed by atoms with Crippen LogP contribution in [0, 0.1) is 0 Å². The molecule has 2 aromatic heterocycles. The summed E-state index contributed by atoms with van der Waals surface area (Å²) >= 11 is 0. The topological polar surface area (TPSA) is 54.2 Å². The molecule has 126 valence electrons. The van der Waals surface area contributed by atoms with Crippen LogP contribution in [-0.4, -0.2) is 16.3 Å². The van der Waals surface area contributed by atoms with Crippen LogP contribution in [0.4, 0.5) is 13.2 Å². The molecular formula is C17H10F3N3O2. The number of para-hydroxylation sites is 1. The summed E-state index contributed by atoms with van der Waals surface area (Å²) in [5.74, 6) is -0.728. The van der Waals surface area contributed by atoms with Crippen molar-refractivity contribution in [2.24, 2.45) is 0 Å². The van der Waals surface area contributed by atoms with Crippen molar-refractivity contribution in [2.75, 3.05) is 0 Å². The second kappa shape index (κ2) is 5.37. The van der Waals surface area contributed by atoms with E-state index < -0.39 is 6.36 Å². The number of alkyl halides is 3. The minimum Gasteiger partial charge on any atom is -0.837 e. The average molecular weight is 345 g/mol. The second-order valence-electron chi connectivity index (χ2n) is 5.34. The Labute approximate surface area is 139 Å². The van der Waals surface area contributed by atoms with Gasteiger partial charge in [0.2, 0.25) is 0 Å². The van der Waals surface area contributed by atoms with E-state index in [4.69, 9.17) is 0 Å². The van der Waals surface area contributed by atoms with Crippen LogP contribution in [0.2, 0.25) is 0 Å². The minimum atomic E-state index is -4.76. The summed E-state index contributed by atoms with van der Waals surface area (Å²) in [6.45, 7) is 0. The van der Waals surface area contributed by atoms with Crippen LogP contribution in [0.3, 0.4) is 0 Å². The lowest BCUT2D eigenvalue weighted by molar-refractivity contribution is -0.556. The molecule has 0 aliphatic rings. The van der Waals surface area contributed by atoms with Crippen LogP contribution in [0.25, 0.3) is 22.1 Å². The molecule has 2 heterocycles. The highest BCUT2D eigenvalue weighted by Crippen LogP contribution is 2.25. The number of hydrogen-bond acceptors (Lipinski definition) is 3. The van der Waals surface area contributed by atoms with E-state index in [1.165, 1.54) is 16.6 Å². The van der Waals surface area contributed by atoms with Crippen molar-refractivity contribution in [1.82, 2.24) is 9.90 Å². The zero-order chi connectivity index (χ0) is 17.6. The van der Waals surface area contributed by atoms with Gasteiger partial charge >= 0.3 is 6.36 Å². The molecule has 0 bridgehead atoms. The standard InChI is InChI=1S/C17H10F3N3O2/c18-17(19,20)25-13-8-6-12(7-9-13)22-16(24)15-10-5-11-3-1-2-4-14(11)23(15)21-22/h1-10H. The van der Waals surface area contributed by atoms with Gasteiger partial charge in [-0.2, -0.15) is 0 Å². The van der Waals surface area contributed by atoms with Gasteiger partial charge in [-0.1, -0.05) is 22.7 Å². The molecule has 0 atom stereocenters. The fourth-order valence-electron chi connectivity index (χ4n) is 2.65. The monoisotopic (exact) mass is 345 g/mol. The largest absolute Gasteiger partial charge is 0.837 e. The molecular weight excluding hydrogens is 335 g/mol. The van der Waals surface area contributed by atoms with E-state index >= 15 is 0 Å². The van der Waals surface area contributed by atoms with E-state index in [-0.39, 0.29) is 11.6 Å². The van der Waals surface area contributed by atoms with Gasteiger partial charge in [-0.25, -0.2) is 0 Å². The molecule has 0 radical (unpaired) electrons. The highest BCUT2D eigenvalue weighted by molar-refractivity contribution is 5.77. The predicted molar refractivity (Wildman–Crippen MR) is 80.4 cm³/mol. The number of halogens is 3. The fraction of sp³-hybridized carbons (Fsp3) is 0.0588. The molecule has 0 saturated heterocycles. The Morgan fingerprint density at radius 3 is 2.36 bits per heavy atom. The van der Waals surface area contributed by atoms with E-state index in [0.29, 0.717) is 11.2 Å². The molecule has 0 aliphatic carbocycles. The number of ether oxygens (including phenoxy) is 1. The maximum Gasteiger partial charge on any atom is 0.573 e. The average Bonchev–Trinajstić information content (AvgIpc) is 2.92. The van der Waals surface area contributed by atoms with Gasteiger partial charge in [0, 0.05) is 5.39 Å². The Morgan fingerprint density at radius 1 is 0.920 bits per heavy atom. The van der Waals surface area contributed by atoms with Crippen LogP contribution >= 0.6 is 0 Å². The van der Waals surface area contributed by atoms with Crippen molar-refractivity contribution in [3.63, 3.8) is 0 Å².